The van der Waals surface area contributed by atoms with Crippen molar-refractivity contribution < 1.29 is 4.79 Å². The number of carbonyl (C=O) groups excluding carboxylic acids is 1. The van der Waals surface area contributed by atoms with Crippen molar-refractivity contribution >= 4 is 17.7 Å². The van der Waals surface area contributed by atoms with Crippen molar-refractivity contribution in [1.29, 1.82) is 0 Å². The number of amides is 1. The predicted molar refractivity (Wildman–Crippen MR) is 128 cm³/mol. The summed E-state index contributed by atoms with van der Waals surface area (Å²) in [4.78, 5) is 16.8. The van der Waals surface area contributed by atoms with Crippen LogP contribution in [0.2, 0.25) is 0 Å². The van der Waals surface area contributed by atoms with Crippen molar-refractivity contribution in [3.63, 3.8) is 0 Å². The third-order valence-electron chi connectivity index (χ3n) is 5.78. The molecule has 0 saturated heterocycles. The first kappa shape index (κ1) is 21.5. The van der Waals surface area contributed by atoms with E-state index in [0.717, 1.165) is 41.6 Å². The molecule has 4 aromatic rings. The fourth-order valence-electron chi connectivity index (χ4n) is 3.81. The second kappa shape index (κ2) is 9.62. The van der Waals surface area contributed by atoms with Gasteiger partial charge in [-0.2, -0.15) is 0 Å². The van der Waals surface area contributed by atoms with Crippen LogP contribution < -0.4 is 5.32 Å². The number of hydrogen-bond acceptors (Lipinski definition) is 5. The van der Waals surface area contributed by atoms with Crippen molar-refractivity contribution in [2.45, 2.75) is 43.4 Å². The van der Waals surface area contributed by atoms with Crippen molar-refractivity contribution in [2.24, 2.45) is 0 Å². The number of benzene rings is 2. The van der Waals surface area contributed by atoms with Crippen LogP contribution in [0.1, 0.15) is 48.7 Å². The van der Waals surface area contributed by atoms with Gasteiger partial charge in [-0.15, -0.1) is 10.2 Å². The molecule has 33 heavy (non-hydrogen) atoms. The summed E-state index contributed by atoms with van der Waals surface area (Å²) in [5.41, 5.74) is 3.30. The van der Waals surface area contributed by atoms with Gasteiger partial charge >= 0.3 is 0 Å². The molecule has 1 aliphatic rings. The van der Waals surface area contributed by atoms with E-state index < -0.39 is 0 Å². The smallest absolute Gasteiger partial charge is 0.230 e. The van der Waals surface area contributed by atoms with Crippen molar-refractivity contribution in [3.05, 3.63) is 90.3 Å². The fraction of sp³-hybridized carbons (Fsp3) is 0.280. The molecule has 1 fully saturated rings. The lowest BCUT2D eigenvalue weighted by Gasteiger charge is -2.15. The van der Waals surface area contributed by atoms with Crippen LogP contribution >= 0.6 is 11.8 Å². The number of nitrogens with one attached hydrogen (secondary N) is 1. The largest absolute Gasteiger partial charge is 0.349 e. The monoisotopic (exact) mass is 458 g/mol. The summed E-state index contributed by atoms with van der Waals surface area (Å²) < 4.78 is 4.12. The molecule has 0 aliphatic heterocycles. The Kier molecular flexibility index (Phi) is 6.26. The zero-order chi connectivity index (χ0) is 22.6. The number of aromatic nitrogens is 5. The van der Waals surface area contributed by atoms with Crippen LogP contribution in [0.4, 0.5) is 0 Å². The summed E-state index contributed by atoms with van der Waals surface area (Å²) in [6.45, 7) is 2.72. The van der Waals surface area contributed by atoms with Gasteiger partial charge in [0.2, 0.25) is 5.91 Å². The van der Waals surface area contributed by atoms with Gasteiger partial charge < -0.3 is 14.5 Å². The molecule has 1 N–H and O–H groups in total. The molecule has 1 amide bonds. The minimum absolute atomic E-state index is 0.0200. The minimum atomic E-state index is -0.0841. The Morgan fingerprint density at radius 1 is 1.12 bits per heavy atom. The summed E-state index contributed by atoms with van der Waals surface area (Å²) >= 11 is 1.45. The van der Waals surface area contributed by atoms with E-state index in [9.17, 15) is 4.79 Å². The predicted octanol–water partition coefficient (Wildman–Crippen LogP) is 4.36. The molecule has 8 heteroatoms. The van der Waals surface area contributed by atoms with E-state index in [-0.39, 0.29) is 11.9 Å². The van der Waals surface area contributed by atoms with Crippen LogP contribution in [0.15, 0.2) is 78.5 Å². The van der Waals surface area contributed by atoms with E-state index in [1.807, 2.05) is 60.2 Å². The zero-order valence-corrected chi connectivity index (χ0v) is 19.3. The quantitative estimate of drug-likeness (QED) is 0.377. The number of hydrogen-bond donors (Lipinski definition) is 1. The lowest BCUT2D eigenvalue weighted by molar-refractivity contribution is -0.119. The molecule has 0 bridgehead atoms. The van der Waals surface area contributed by atoms with Gasteiger partial charge in [0, 0.05) is 24.0 Å². The summed E-state index contributed by atoms with van der Waals surface area (Å²) in [5.74, 6) is 1.81. The second-order valence-corrected chi connectivity index (χ2v) is 9.27. The molecule has 1 saturated carbocycles. The first-order valence-corrected chi connectivity index (χ1v) is 12.1. The fourth-order valence-corrected chi connectivity index (χ4v) is 4.56. The average molecular weight is 459 g/mol. The second-order valence-electron chi connectivity index (χ2n) is 8.33. The van der Waals surface area contributed by atoms with Crippen LogP contribution in [0.3, 0.4) is 0 Å². The van der Waals surface area contributed by atoms with Gasteiger partial charge in [0.1, 0.15) is 5.82 Å². The normalized spacial score (nSPS) is 14.2. The van der Waals surface area contributed by atoms with E-state index in [4.69, 9.17) is 0 Å². The Bertz CT molecular complexity index is 1200. The standard InChI is InChI=1S/C25H26N6OS/c1-18(20-9-11-22(12-10-20)30-14-13-26-17-30)27-23(32)16-33-25-29-28-24(21-7-8-21)31(25)15-19-5-3-2-4-6-19/h2-6,9-14,17-18,21H,7-8,15-16H2,1H3,(H,27,32)/t18-/m0/s1. The van der Waals surface area contributed by atoms with Gasteiger partial charge in [-0.05, 0) is 43.0 Å². The molecule has 2 heterocycles. The summed E-state index contributed by atoms with van der Waals surface area (Å²) in [5, 5.41) is 12.7. The molecule has 0 radical (unpaired) electrons. The van der Waals surface area contributed by atoms with Crippen molar-refractivity contribution in [1.82, 2.24) is 29.6 Å². The summed E-state index contributed by atoms with van der Waals surface area (Å²) in [6.07, 6.45) is 7.75. The number of rotatable bonds is 9. The first-order chi connectivity index (χ1) is 16.2. The maximum Gasteiger partial charge on any atom is 0.230 e. The highest BCUT2D eigenvalue weighted by molar-refractivity contribution is 7.99. The van der Waals surface area contributed by atoms with Gasteiger partial charge in [0.25, 0.3) is 0 Å². The van der Waals surface area contributed by atoms with E-state index in [0.29, 0.717) is 11.7 Å². The molecule has 0 spiro atoms. The molecule has 7 nitrogen and oxygen atoms in total. The molecule has 0 unspecified atom stereocenters. The van der Waals surface area contributed by atoms with E-state index in [1.165, 1.54) is 17.3 Å². The Morgan fingerprint density at radius 3 is 2.61 bits per heavy atom. The summed E-state index contributed by atoms with van der Waals surface area (Å²) in [7, 11) is 0. The maximum absolute atomic E-state index is 12.7. The topological polar surface area (TPSA) is 77.6 Å². The van der Waals surface area contributed by atoms with E-state index >= 15 is 0 Å². The van der Waals surface area contributed by atoms with Crippen LogP contribution in [-0.2, 0) is 11.3 Å². The number of nitrogens with zero attached hydrogens (tertiary/aromatic N) is 5. The van der Waals surface area contributed by atoms with Gasteiger partial charge in [-0.3, -0.25) is 4.79 Å². The molecule has 5 rings (SSSR count). The number of thioether (sulfide) groups is 1. The van der Waals surface area contributed by atoms with Crippen LogP contribution in [-0.4, -0.2) is 36.0 Å². The number of carbonyl (C=O) groups is 1. The maximum atomic E-state index is 12.7. The average Bonchev–Trinajstić information content (AvgIpc) is 3.38. The molecule has 2 aromatic carbocycles. The van der Waals surface area contributed by atoms with Crippen LogP contribution in [0.5, 0.6) is 0 Å². The molecular formula is C25H26N6OS. The molecule has 1 atom stereocenters. The van der Waals surface area contributed by atoms with E-state index in [2.05, 4.69) is 37.2 Å². The third-order valence-corrected chi connectivity index (χ3v) is 6.74. The lowest BCUT2D eigenvalue weighted by atomic mass is 10.1. The zero-order valence-electron chi connectivity index (χ0n) is 18.5. The van der Waals surface area contributed by atoms with Gasteiger partial charge in [-0.1, -0.05) is 54.2 Å². The molecule has 2 aromatic heterocycles. The third kappa shape index (κ3) is 5.17. The Labute approximate surface area is 197 Å². The molecule has 1 aliphatic carbocycles. The Morgan fingerprint density at radius 2 is 1.91 bits per heavy atom. The van der Waals surface area contributed by atoms with Crippen molar-refractivity contribution in [3.8, 4) is 5.69 Å². The Balaban J connectivity index is 1.20. The number of imidazole rings is 1. The highest BCUT2D eigenvalue weighted by Gasteiger charge is 2.30. The van der Waals surface area contributed by atoms with Crippen LogP contribution in [0.25, 0.3) is 5.69 Å². The first-order valence-electron chi connectivity index (χ1n) is 11.1. The van der Waals surface area contributed by atoms with Crippen LogP contribution in [0, 0.1) is 0 Å². The van der Waals surface area contributed by atoms with E-state index in [1.54, 1.807) is 12.5 Å². The van der Waals surface area contributed by atoms with Crippen molar-refractivity contribution in [2.75, 3.05) is 5.75 Å². The Hall–Kier alpha value is -3.39. The molecular weight excluding hydrogens is 432 g/mol. The van der Waals surface area contributed by atoms with Gasteiger partial charge in [0.15, 0.2) is 5.16 Å². The van der Waals surface area contributed by atoms with Gasteiger partial charge in [0.05, 0.1) is 24.7 Å². The molecule has 168 valence electrons. The SMILES string of the molecule is C[C@H](NC(=O)CSc1nnc(C2CC2)n1Cc1ccccc1)c1ccc(-n2ccnc2)cc1. The summed E-state index contributed by atoms with van der Waals surface area (Å²) in [6, 6.07) is 18.4. The minimum Gasteiger partial charge on any atom is -0.349 e. The lowest BCUT2D eigenvalue weighted by Crippen LogP contribution is -2.28. The highest BCUT2D eigenvalue weighted by Crippen LogP contribution is 2.40. The van der Waals surface area contributed by atoms with Gasteiger partial charge in [-0.25, -0.2) is 4.98 Å². The highest BCUT2D eigenvalue weighted by atomic mass is 32.2.